The molecule has 0 bridgehead atoms. The fourth-order valence-electron chi connectivity index (χ4n) is 2.88. The number of anilines is 1. The van der Waals surface area contributed by atoms with Crippen molar-refractivity contribution < 1.29 is 9.18 Å². The molecule has 1 atom stereocenters. The number of piperidine rings is 1. The Bertz CT molecular complexity index is 492. The Labute approximate surface area is 125 Å². The van der Waals surface area contributed by atoms with E-state index in [0.29, 0.717) is 18.7 Å². The molecule has 1 unspecified atom stereocenters. The van der Waals surface area contributed by atoms with Crippen molar-refractivity contribution in [1.82, 2.24) is 10.6 Å². The quantitative estimate of drug-likeness (QED) is 0.871. The van der Waals surface area contributed by atoms with Gasteiger partial charge in [0, 0.05) is 37.9 Å². The first-order valence-electron chi connectivity index (χ1n) is 7.62. The van der Waals surface area contributed by atoms with Crippen LogP contribution in [-0.2, 0) is 11.3 Å². The number of hydrogen-bond acceptors (Lipinski definition) is 3. The molecule has 1 saturated heterocycles. The largest absolute Gasteiger partial charge is 0.370 e. The van der Waals surface area contributed by atoms with Crippen LogP contribution in [0.5, 0.6) is 0 Å². The predicted octanol–water partition coefficient (Wildman–Crippen LogP) is 1.90. The van der Waals surface area contributed by atoms with Crippen LogP contribution in [0, 0.1) is 11.7 Å². The zero-order valence-corrected chi connectivity index (χ0v) is 12.8. The van der Waals surface area contributed by atoms with E-state index in [9.17, 15) is 9.18 Å². The Balaban J connectivity index is 2.20. The highest BCUT2D eigenvalue weighted by atomic mass is 19.1. The van der Waals surface area contributed by atoms with Crippen LogP contribution in [0.3, 0.4) is 0 Å². The van der Waals surface area contributed by atoms with Crippen molar-refractivity contribution in [3.05, 3.63) is 29.6 Å². The van der Waals surface area contributed by atoms with E-state index in [4.69, 9.17) is 0 Å². The number of carbonyl (C=O) groups excluding carboxylic acids is 1. The van der Waals surface area contributed by atoms with Gasteiger partial charge in [0.15, 0.2) is 0 Å². The summed E-state index contributed by atoms with van der Waals surface area (Å²) >= 11 is 0. The highest BCUT2D eigenvalue weighted by molar-refractivity contribution is 5.79. The average Bonchev–Trinajstić information content (AvgIpc) is 2.53. The molecular weight excluding hydrogens is 269 g/mol. The first-order chi connectivity index (χ1) is 10.2. The van der Waals surface area contributed by atoms with Crippen molar-refractivity contribution in [2.75, 3.05) is 31.6 Å². The first kappa shape index (κ1) is 15.8. The molecule has 0 saturated carbocycles. The van der Waals surface area contributed by atoms with Gasteiger partial charge in [0.25, 0.3) is 0 Å². The van der Waals surface area contributed by atoms with E-state index < -0.39 is 0 Å². The monoisotopic (exact) mass is 293 g/mol. The Hall–Kier alpha value is -1.62. The molecular formula is C16H24FN3O. The maximum absolute atomic E-state index is 14.1. The van der Waals surface area contributed by atoms with Crippen LogP contribution in [0.1, 0.15) is 25.3 Å². The molecule has 0 aromatic heterocycles. The number of halogens is 1. The average molecular weight is 293 g/mol. The van der Waals surface area contributed by atoms with E-state index in [2.05, 4.69) is 15.5 Å². The molecule has 1 aromatic carbocycles. The van der Waals surface area contributed by atoms with E-state index in [0.717, 1.165) is 31.6 Å². The van der Waals surface area contributed by atoms with Crippen LogP contribution in [-0.4, -0.2) is 32.6 Å². The minimum atomic E-state index is -0.185. The summed E-state index contributed by atoms with van der Waals surface area (Å²) in [7, 11) is 1.67. The molecule has 21 heavy (non-hydrogen) atoms. The second-order valence-electron chi connectivity index (χ2n) is 5.42. The van der Waals surface area contributed by atoms with Crippen molar-refractivity contribution in [3.8, 4) is 0 Å². The third kappa shape index (κ3) is 3.73. The number of hydrogen-bond donors (Lipinski definition) is 2. The van der Waals surface area contributed by atoms with E-state index >= 15 is 0 Å². The van der Waals surface area contributed by atoms with Gasteiger partial charge in [-0.15, -0.1) is 0 Å². The van der Waals surface area contributed by atoms with Crippen molar-refractivity contribution in [2.24, 2.45) is 5.92 Å². The number of rotatable bonds is 5. The minimum absolute atomic E-state index is 0.0148. The summed E-state index contributed by atoms with van der Waals surface area (Å²) in [4.78, 5) is 14.0. The smallest absolute Gasteiger partial charge is 0.224 e. The molecule has 1 fully saturated rings. The fraction of sp³-hybridized carbons (Fsp3) is 0.562. The molecule has 0 radical (unpaired) electrons. The molecule has 1 heterocycles. The Morgan fingerprint density at radius 2 is 2.29 bits per heavy atom. The zero-order valence-electron chi connectivity index (χ0n) is 12.8. The lowest BCUT2D eigenvalue weighted by molar-refractivity contribution is -0.124. The predicted molar refractivity (Wildman–Crippen MR) is 82.8 cm³/mol. The van der Waals surface area contributed by atoms with Crippen molar-refractivity contribution in [3.63, 3.8) is 0 Å². The Kier molecular flexibility index (Phi) is 5.56. The van der Waals surface area contributed by atoms with Gasteiger partial charge in [-0.25, -0.2) is 4.39 Å². The van der Waals surface area contributed by atoms with Gasteiger partial charge in [0.1, 0.15) is 5.82 Å². The molecule has 5 heteroatoms. The lowest BCUT2D eigenvalue weighted by atomic mass is 9.96. The molecule has 2 N–H and O–H groups in total. The number of nitrogens with one attached hydrogen (secondary N) is 2. The van der Waals surface area contributed by atoms with E-state index in [1.54, 1.807) is 13.1 Å². The summed E-state index contributed by atoms with van der Waals surface area (Å²) in [6.07, 6.45) is 1.85. The van der Waals surface area contributed by atoms with Crippen LogP contribution in [0.2, 0.25) is 0 Å². The van der Waals surface area contributed by atoms with Gasteiger partial charge in [-0.2, -0.15) is 0 Å². The van der Waals surface area contributed by atoms with E-state index in [1.807, 2.05) is 13.0 Å². The van der Waals surface area contributed by atoms with Gasteiger partial charge in [-0.05, 0) is 31.5 Å². The van der Waals surface area contributed by atoms with E-state index in [-0.39, 0.29) is 17.6 Å². The summed E-state index contributed by atoms with van der Waals surface area (Å²) in [6.45, 7) is 4.84. The molecule has 4 nitrogen and oxygen atoms in total. The van der Waals surface area contributed by atoms with Gasteiger partial charge in [0.05, 0.1) is 5.92 Å². The normalized spacial score (nSPS) is 18.6. The molecule has 1 aromatic rings. The number of nitrogens with zero attached hydrogens (tertiary/aromatic N) is 1. The van der Waals surface area contributed by atoms with Gasteiger partial charge >= 0.3 is 0 Å². The van der Waals surface area contributed by atoms with Gasteiger partial charge in [-0.1, -0.05) is 13.0 Å². The SMILES string of the molecule is CCNCc1c(F)cccc1N1CCCC(C(=O)NC)C1. The second-order valence-corrected chi connectivity index (χ2v) is 5.42. The van der Waals surface area contributed by atoms with Crippen LogP contribution in [0.4, 0.5) is 10.1 Å². The molecule has 0 aliphatic carbocycles. The lowest BCUT2D eigenvalue weighted by Gasteiger charge is -2.35. The number of carbonyl (C=O) groups is 1. The third-order valence-corrected chi connectivity index (χ3v) is 4.03. The van der Waals surface area contributed by atoms with Crippen LogP contribution >= 0.6 is 0 Å². The molecule has 2 rings (SSSR count). The third-order valence-electron chi connectivity index (χ3n) is 4.03. The topological polar surface area (TPSA) is 44.4 Å². The Morgan fingerprint density at radius 1 is 1.48 bits per heavy atom. The Morgan fingerprint density at radius 3 is 3.00 bits per heavy atom. The number of benzene rings is 1. The fourth-order valence-corrected chi connectivity index (χ4v) is 2.88. The van der Waals surface area contributed by atoms with Crippen molar-refractivity contribution in [2.45, 2.75) is 26.3 Å². The summed E-state index contributed by atoms with van der Waals surface area (Å²) in [6, 6.07) is 5.18. The highest BCUT2D eigenvalue weighted by Gasteiger charge is 2.26. The lowest BCUT2D eigenvalue weighted by Crippen LogP contribution is -2.42. The number of amides is 1. The maximum atomic E-state index is 14.1. The highest BCUT2D eigenvalue weighted by Crippen LogP contribution is 2.28. The summed E-state index contributed by atoms with van der Waals surface area (Å²) in [5.74, 6) is -0.126. The second kappa shape index (κ2) is 7.41. The summed E-state index contributed by atoms with van der Waals surface area (Å²) < 4.78 is 14.1. The van der Waals surface area contributed by atoms with Gasteiger partial charge in [-0.3, -0.25) is 4.79 Å². The molecule has 116 valence electrons. The van der Waals surface area contributed by atoms with Crippen LogP contribution in [0.25, 0.3) is 0 Å². The van der Waals surface area contributed by atoms with Gasteiger partial charge in [0.2, 0.25) is 5.91 Å². The van der Waals surface area contributed by atoms with Crippen molar-refractivity contribution in [1.29, 1.82) is 0 Å². The maximum Gasteiger partial charge on any atom is 0.224 e. The first-order valence-corrected chi connectivity index (χ1v) is 7.62. The van der Waals surface area contributed by atoms with Gasteiger partial charge < -0.3 is 15.5 Å². The van der Waals surface area contributed by atoms with Crippen molar-refractivity contribution >= 4 is 11.6 Å². The molecule has 1 aliphatic heterocycles. The molecule has 1 amide bonds. The summed E-state index contributed by atoms with van der Waals surface area (Å²) in [5.41, 5.74) is 1.60. The van der Waals surface area contributed by atoms with Crippen LogP contribution in [0.15, 0.2) is 18.2 Å². The molecule has 1 aliphatic rings. The minimum Gasteiger partial charge on any atom is -0.370 e. The molecule has 0 spiro atoms. The van der Waals surface area contributed by atoms with Crippen LogP contribution < -0.4 is 15.5 Å². The zero-order chi connectivity index (χ0) is 15.2. The summed E-state index contributed by atoms with van der Waals surface area (Å²) in [5, 5.41) is 5.90. The van der Waals surface area contributed by atoms with E-state index in [1.165, 1.54) is 6.07 Å². The standard InChI is InChI=1S/C16H24FN3O/c1-3-19-10-13-14(17)7-4-8-15(13)20-9-5-6-12(11-20)16(21)18-2/h4,7-8,12,19H,3,5-6,9-11H2,1-2H3,(H,18,21).